The number of hydrogen-bond donors (Lipinski definition) is 0. The Bertz CT molecular complexity index is 3530. The Hall–Kier alpha value is -8.40. The van der Waals surface area contributed by atoms with Crippen molar-refractivity contribution in [1.82, 2.24) is 4.57 Å². The summed E-state index contributed by atoms with van der Waals surface area (Å²) >= 11 is 0. The van der Waals surface area contributed by atoms with E-state index in [1.807, 2.05) is 6.07 Å². The lowest BCUT2D eigenvalue weighted by Crippen LogP contribution is -2.09. The van der Waals surface area contributed by atoms with Crippen molar-refractivity contribution in [2.45, 2.75) is 0 Å². The lowest BCUT2D eigenvalue weighted by atomic mass is 9.92. The van der Waals surface area contributed by atoms with Crippen LogP contribution in [0.2, 0.25) is 0 Å². The highest BCUT2D eigenvalue weighted by Crippen LogP contribution is 2.44. The third-order valence-electron chi connectivity index (χ3n) is 12.4. The van der Waals surface area contributed by atoms with E-state index in [1.54, 1.807) is 0 Å². The number of anilines is 3. The zero-order chi connectivity index (χ0) is 41.7. The normalized spacial score (nSPS) is 11.5. The first-order chi connectivity index (χ1) is 31.2. The summed E-state index contributed by atoms with van der Waals surface area (Å²) in [5.41, 5.74) is 17.8. The molecule has 0 N–H and O–H groups in total. The van der Waals surface area contributed by atoms with Gasteiger partial charge in [0.05, 0.1) is 11.0 Å². The van der Waals surface area contributed by atoms with Gasteiger partial charge in [-0.25, -0.2) is 0 Å². The van der Waals surface area contributed by atoms with Gasteiger partial charge >= 0.3 is 0 Å². The minimum absolute atomic E-state index is 0.896. The highest BCUT2D eigenvalue weighted by molar-refractivity contribution is 6.13. The Labute approximate surface area is 366 Å². The van der Waals surface area contributed by atoms with Gasteiger partial charge in [0.2, 0.25) is 0 Å². The van der Waals surface area contributed by atoms with Crippen LogP contribution in [0.15, 0.2) is 247 Å². The molecule has 2 heterocycles. The average Bonchev–Trinajstić information content (AvgIpc) is 3.91. The van der Waals surface area contributed by atoms with Gasteiger partial charge in [0, 0.05) is 49.9 Å². The fraction of sp³-hybridized carbons (Fsp3) is 0. The van der Waals surface area contributed by atoms with Crippen molar-refractivity contribution in [2.24, 2.45) is 0 Å². The number of nitrogens with zero attached hydrogens (tertiary/aromatic N) is 2. The molecule has 2 aromatic heterocycles. The molecule has 296 valence electrons. The zero-order valence-corrected chi connectivity index (χ0v) is 34.4. The second kappa shape index (κ2) is 15.3. The minimum Gasteiger partial charge on any atom is -0.455 e. The van der Waals surface area contributed by atoms with Crippen LogP contribution < -0.4 is 4.90 Å². The maximum absolute atomic E-state index is 6.61. The van der Waals surface area contributed by atoms with E-state index in [0.29, 0.717) is 0 Å². The number of furan rings is 1. The van der Waals surface area contributed by atoms with Crippen molar-refractivity contribution in [2.75, 3.05) is 4.90 Å². The molecule has 0 unspecified atom stereocenters. The van der Waals surface area contributed by atoms with Gasteiger partial charge in [-0.1, -0.05) is 170 Å². The van der Waals surface area contributed by atoms with E-state index >= 15 is 0 Å². The van der Waals surface area contributed by atoms with Crippen LogP contribution in [0.1, 0.15) is 0 Å². The van der Waals surface area contributed by atoms with E-state index in [0.717, 1.165) is 72.5 Å². The van der Waals surface area contributed by atoms with E-state index < -0.39 is 0 Å². The van der Waals surface area contributed by atoms with Gasteiger partial charge in [-0.05, 0) is 112 Å². The summed E-state index contributed by atoms with van der Waals surface area (Å²) in [7, 11) is 0. The number of aromatic nitrogens is 1. The van der Waals surface area contributed by atoms with Gasteiger partial charge in [-0.3, -0.25) is 0 Å². The van der Waals surface area contributed by atoms with Crippen LogP contribution in [0.25, 0.3) is 93.9 Å². The SMILES string of the molecule is c1ccc(-c2ccc(N(c3ccc(-c4cccc(-n5c6ccccc6c6ccccc65)c4)cc3)c3ccc(-c4ccc5c(oc6ccccc65)c4-c4ccccc4)cc3)cc2)cc1. The largest absolute Gasteiger partial charge is 0.455 e. The fourth-order valence-electron chi connectivity index (χ4n) is 9.42. The minimum atomic E-state index is 0.896. The van der Waals surface area contributed by atoms with E-state index in [2.05, 4.69) is 246 Å². The molecule has 0 saturated heterocycles. The van der Waals surface area contributed by atoms with Crippen LogP contribution in [0.5, 0.6) is 0 Å². The lowest BCUT2D eigenvalue weighted by Gasteiger charge is -2.26. The average molecular weight is 805 g/mol. The van der Waals surface area contributed by atoms with Gasteiger partial charge < -0.3 is 13.9 Å². The van der Waals surface area contributed by atoms with Crippen LogP contribution in [-0.2, 0) is 0 Å². The standard InChI is InChI=1S/C60H40N2O/c1-3-14-41(15-4-1)42-26-32-47(33-27-42)61(48-34-28-43(29-35-48)46-18-13-19-50(40-46)62-56-23-10-7-20-52(56)53-21-8-11-24-57(53)62)49-36-30-44(31-37-49)51-38-39-55-54-22-9-12-25-58(54)63-60(55)59(51)45-16-5-2-6-17-45/h1-40H. The molecule has 0 aliphatic heterocycles. The van der Waals surface area contributed by atoms with Crippen LogP contribution >= 0.6 is 0 Å². The van der Waals surface area contributed by atoms with Gasteiger partial charge in [-0.2, -0.15) is 0 Å². The van der Waals surface area contributed by atoms with Gasteiger partial charge in [-0.15, -0.1) is 0 Å². The van der Waals surface area contributed by atoms with E-state index in [1.165, 1.54) is 38.5 Å². The van der Waals surface area contributed by atoms with Crippen molar-refractivity contribution in [3.05, 3.63) is 243 Å². The van der Waals surface area contributed by atoms with Crippen molar-refractivity contribution >= 4 is 60.8 Å². The molecule has 0 aliphatic rings. The smallest absolute Gasteiger partial charge is 0.143 e. The molecule has 3 nitrogen and oxygen atoms in total. The maximum atomic E-state index is 6.61. The molecule has 0 aliphatic carbocycles. The van der Waals surface area contributed by atoms with Crippen molar-refractivity contribution in [3.8, 4) is 50.2 Å². The van der Waals surface area contributed by atoms with Crippen LogP contribution in [0.3, 0.4) is 0 Å². The molecule has 0 atom stereocenters. The number of hydrogen-bond acceptors (Lipinski definition) is 2. The molecule has 0 saturated carbocycles. The Morgan fingerprint density at radius 3 is 1.41 bits per heavy atom. The summed E-state index contributed by atoms with van der Waals surface area (Å²) in [6, 6.07) is 87.0. The maximum Gasteiger partial charge on any atom is 0.143 e. The molecule has 0 radical (unpaired) electrons. The molecule has 12 rings (SSSR count). The van der Waals surface area contributed by atoms with Crippen LogP contribution in [-0.4, -0.2) is 4.57 Å². The predicted molar refractivity (Wildman–Crippen MR) is 264 cm³/mol. The summed E-state index contributed by atoms with van der Waals surface area (Å²) in [6.07, 6.45) is 0. The Balaban J connectivity index is 0.939. The third-order valence-corrected chi connectivity index (χ3v) is 12.4. The number of rotatable bonds is 8. The highest BCUT2D eigenvalue weighted by Gasteiger charge is 2.19. The summed E-state index contributed by atoms with van der Waals surface area (Å²) in [5.74, 6) is 0. The summed E-state index contributed by atoms with van der Waals surface area (Å²) in [6.45, 7) is 0. The predicted octanol–water partition coefficient (Wildman–Crippen LogP) is 16.8. The quantitative estimate of drug-likeness (QED) is 0.153. The van der Waals surface area contributed by atoms with E-state index in [4.69, 9.17) is 4.42 Å². The second-order valence-electron chi connectivity index (χ2n) is 16.1. The topological polar surface area (TPSA) is 21.3 Å². The number of benzene rings is 10. The van der Waals surface area contributed by atoms with Gasteiger partial charge in [0.25, 0.3) is 0 Å². The van der Waals surface area contributed by atoms with Crippen LogP contribution in [0, 0.1) is 0 Å². The third kappa shape index (κ3) is 6.38. The molecular weight excluding hydrogens is 765 g/mol. The summed E-state index contributed by atoms with van der Waals surface area (Å²) in [5, 5.41) is 4.77. The monoisotopic (exact) mass is 804 g/mol. The summed E-state index contributed by atoms with van der Waals surface area (Å²) < 4.78 is 8.99. The molecule has 63 heavy (non-hydrogen) atoms. The molecule has 0 fully saturated rings. The Kier molecular flexibility index (Phi) is 8.83. The Morgan fingerprint density at radius 1 is 0.317 bits per heavy atom. The van der Waals surface area contributed by atoms with E-state index in [-0.39, 0.29) is 0 Å². The molecule has 0 amide bonds. The molecular formula is C60H40N2O. The molecule has 0 spiro atoms. The first-order valence-electron chi connectivity index (χ1n) is 21.5. The zero-order valence-electron chi connectivity index (χ0n) is 34.4. The van der Waals surface area contributed by atoms with Crippen molar-refractivity contribution < 1.29 is 4.42 Å². The molecule has 0 bridgehead atoms. The Morgan fingerprint density at radius 2 is 0.794 bits per heavy atom. The summed E-state index contributed by atoms with van der Waals surface area (Å²) in [4.78, 5) is 2.34. The first kappa shape index (κ1) is 36.5. The van der Waals surface area contributed by atoms with Gasteiger partial charge in [0.15, 0.2) is 0 Å². The van der Waals surface area contributed by atoms with Crippen LogP contribution in [0.4, 0.5) is 17.1 Å². The molecule has 3 heteroatoms. The molecule has 10 aromatic carbocycles. The second-order valence-corrected chi connectivity index (χ2v) is 16.1. The van der Waals surface area contributed by atoms with E-state index in [9.17, 15) is 0 Å². The lowest BCUT2D eigenvalue weighted by molar-refractivity contribution is 0.670. The fourth-order valence-corrected chi connectivity index (χ4v) is 9.42. The van der Waals surface area contributed by atoms with Gasteiger partial charge in [0.1, 0.15) is 11.2 Å². The van der Waals surface area contributed by atoms with Crippen molar-refractivity contribution in [1.29, 1.82) is 0 Å². The number of fused-ring (bicyclic) bond motifs is 6. The molecule has 12 aromatic rings. The van der Waals surface area contributed by atoms with Crippen molar-refractivity contribution in [3.63, 3.8) is 0 Å². The first-order valence-corrected chi connectivity index (χ1v) is 21.5. The number of para-hydroxylation sites is 3. The highest BCUT2D eigenvalue weighted by atomic mass is 16.3.